The summed E-state index contributed by atoms with van der Waals surface area (Å²) in [6, 6.07) is 6.37. The molecule has 0 unspecified atom stereocenters. The zero-order chi connectivity index (χ0) is 23.7. The van der Waals surface area contributed by atoms with E-state index in [9.17, 15) is 24.8 Å². The highest BCUT2D eigenvalue weighted by Crippen LogP contribution is 2.40. The van der Waals surface area contributed by atoms with Crippen LogP contribution in [0.4, 0.5) is 11.4 Å². The number of hydrogen-bond donors (Lipinski definition) is 2. The first kappa shape index (κ1) is 21.1. The van der Waals surface area contributed by atoms with Gasteiger partial charge in [-0.3, -0.25) is 14.9 Å². The summed E-state index contributed by atoms with van der Waals surface area (Å²) < 4.78 is 6.63. The second kappa shape index (κ2) is 7.11. The second-order valence-electron chi connectivity index (χ2n) is 8.72. The maximum Gasteiger partial charge on any atom is 0.343 e. The Morgan fingerprint density at radius 1 is 1.30 bits per heavy atom. The van der Waals surface area contributed by atoms with E-state index in [1.54, 1.807) is 19.1 Å². The average molecular weight is 450 g/mol. The molecule has 2 aliphatic heterocycles. The molecule has 10 heteroatoms. The van der Waals surface area contributed by atoms with Gasteiger partial charge >= 0.3 is 5.97 Å². The number of benzene rings is 1. The molecule has 0 radical (unpaired) electrons. The number of nitrogens with zero attached hydrogens (tertiary/aromatic N) is 3. The summed E-state index contributed by atoms with van der Waals surface area (Å²) in [5.41, 5.74) is 1.01. The lowest BCUT2D eigenvalue weighted by molar-refractivity contribution is -0.384. The number of aromatic nitrogens is 2. The zero-order valence-corrected chi connectivity index (χ0v) is 18.3. The van der Waals surface area contributed by atoms with Crippen molar-refractivity contribution in [3.63, 3.8) is 0 Å². The molecule has 2 aliphatic rings. The number of nitro benzene ring substituents is 1. The molecule has 0 spiro atoms. The van der Waals surface area contributed by atoms with Crippen LogP contribution in [-0.4, -0.2) is 31.6 Å². The van der Waals surface area contributed by atoms with Crippen LogP contribution in [0.15, 0.2) is 29.1 Å². The normalized spacial score (nSPS) is 18.6. The van der Waals surface area contributed by atoms with Crippen molar-refractivity contribution in [2.24, 2.45) is 0 Å². The van der Waals surface area contributed by atoms with E-state index in [1.807, 2.05) is 13.8 Å². The summed E-state index contributed by atoms with van der Waals surface area (Å²) in [4.78, 5) is 41.4. The Hall–Kier alpha value is -3.79. The number of fused-ring (bicyclic) bond motifs is 5. The Balaban J connectivity index is 1.77. The van der Waals surface area contributed by atoms with Crippen LogP contribution in [0.25, 0.3) is 22.3 Å². The minimum Gasteiger partial charge on any atom is -0.458 e. The molecule has 5 rings (SSSR count). The van der Waals surface area contributed by atoms with Gasteiger partial charge in [0.1, 0.15) is 6.61 Å². The number of carbonyl (C=O) groups is 1. The van der Waals surface area contributed by atoms with Crippen LogP contribution in [0.1, 0.15) is 43.9 Å². The molecule has 0 saturated carbocycles. The summed E-state index contributed by atoms with van der Waals surface area (Å²) in [6.45, 7) is 5.52. The number of carbonyl (C=O) groups excluding carboxylic acids is 1. The molecular formula is C23H22N4O6. The smallest absolute Gasteiger partial charge is 0.343 e. The Morgan fingerprint density at radius 2 is 2.06 bits per heavy atom. The predicted molar refractivity (Wildman–Crippen MR) is 120 cm³/mol. The SMILES string of the molecule is CC[C@@]1(O)C(=O)OCc2c1cc1n(c2=O)Cc2cc3cc([N+](=O)[O-])cc(NC(C)C)c3nc2-1. The molecule has 0 bridgehead atoms. The zero-order valence-electron chi connectivity index (χ0n) is 18.3. The largest absolute Gasteiger partial charge is 0.458 e. The van der Waals surface area contributed by atoms with Gasteiger partial charge in [-0.25, -0.2) is 9.78 Å². The summed E-state index contributed by atoms with van der Waals surface area (Å²) in [5, 5.41) is 26.2. The Kier molecular flexibility index (Phi) is 4.54. The second-order valence-corrected chi connectivity index (χ2v) is 8.72. The standard InChI is InChI=1S/C23H22N4O6/c1-4-23(30)16-8-18-20-13(9-26(18)21(28)15(16)10-33-22(23)29)5-12-6-14(27(31)32)7-17(19(12)25-20)24-11(2)3/h5-8,11,24,30H,4,9-10H2,1-3H3/t23-/m0/s1. The van der Waals surface area contributed by atoms with Gasteiger partial charge in [-0.2, -0.15) is 0 Å². The molecule has 1 aromatic carbocycles. The number of aliphatic hydroxyl groups is 1. The fraction of sp³-hybridized carbons (Fsp3) is 0.348. The van der Waals surface area contributed by atoms with Crippen LogP contribution < -0.4 is 10.9 Å². The van der Waals surface area contributed by atoms with E-state index in [2.05, 4.69) is 5.32 Å². The summed E-state index contributed by atoms with van der Waals surface area (Å²) >= 11 is 0. The summed E-state index contributed by atoms with van der Waals surface area (Å²) in [5.74, 6) is -0.776. The van der Waals surface area contributed by atoms with Crippen LogP contribution in [0.5, 0.6) is 0 Å². The fourth-order valence-electron chi connectivity index (χ4n) is 4.61. The van der Waals surface area contributed by atoms with E-state index < -0.39 is 16.5 Å². The monoisotopic (exact) mass is 450 g/mol. The highest BCUT2D eigenvalue weighted by molar-refractivity contribution is 5.95. The maximum atomic E-state index is 13.3. The number of rotatable bonds is 4. The lowest BCUT2D eigenvalue weighted by atomic mass is 9.86. The number of esters is 1. The van der Waals surface area contributed by atoms with Crippen LogP contribution in [0.2, 0.25) is 0 Å². The number of anilines is 1. The maximum absolute atomic E-state index is 13.3. The molecule has 170 valence electrons. The van der Waals surface area contributed by atoms with Gasteiger partial charge < -0.3 is 19.7 Å². The molecule has 4 heterocycles. The van der Waals surface area contributed by atoms with Crippen molar-refractivity contribution in [2.45, 2.75) is 52.0 Å². The number of hydrogen-bond acceptors (Lipinski definition) is 8. The van der Waals surface area contributed by atoms with E-state index in [-0.39, 0.29) is 48.0 Å². The summed E-state index contributed by atoms with van der Waals surface area (Å²) in [7, 11) is 0. The number of non-ortho nitro benzene ring substituents is 1. The van der Waals surface area contributed by atoms with Gasteiger partial charge in [0, 0.05) is 34.7 Å². The quantitative estimate of drug-likeness (QED) is 0.275. The first-order valence-corrected chi connectivity index (χ1v) is 10.7. The average Bonchev–Trinajstić information content (AvgIpc) is 3.12. The van der Waals surface area contributed by atoms with Crippen molar-refractivity contribution in [1.82, 2.24) is 9.55 Å². The number of nitrogens with one attached hydrogen (secondary N) is 1. The Bertz CT molecular complexity index is 1430. The fourth-order valence-corrected chi connectivity index (χ4v) is 4.61. The van der Waals surface area contributed by atoms with Crippen molar-refractivity contribution < 1.29 is 19.6 Å². The van der Waals surface area contributed by atoms with Crippen LogP contribution in [-0.2, 0) is 28.3 Å². The highest BCUT2D eigenvalue weighted by atomic mass is 16.6. The van der Waals surface area contributed by atoms with Gasteiger partial charge in [-0.15, -0.1) is 0 Å². The molecule has 0 amide bonds. The highest BCUT2D eigenvalue weighted by Gasteiger charge is 2.45. The molecule has 0 aliphatic carbocycles. The minimum absolute atomic E-state index is 0.0118. The molecule has 3 aromatic rings. The number of ether oxygens (including phenoxy) is 1. The first-order chi connectivity index (χ1) is 15.6. The van der Waals surface area contributed by atoms with E-state index in [0.717, 1.165) is 5.56 Å². The van der Waals surface area contributed by atoms with Crippen LogP contribution >= 0.6 is 0 Å². The molecule has 33 heavy (non-hydrogen) atoms. The molecule has 2 aromatic heterocycles. The molecule has 2 N–H and O–H groups in total. The van der Waals surface area contributed by atoms with Gasteiger partial charge in [-0.1, -0.05) is 6.92 Å². The van der Waals surface area contributed by atoms with Gasteiger partial charge in [0.2, 0.25) is 0 Å². The van der Waals surface area contributed by atoms with Crippen LogP contribution in [0, 0.1) is 10.1 Å². The Labute approximate surface area is 188 Å². The van der Waals surface area contributed by atoms with E-state index in [4.69, 9.17) is 9.72 Å². The van der Waals surface area contributed by atoms with Crippen molar-refractivity contribution in [1.29, 1.82) is 0 Å². The van der Waals surface area contributed by atoms with Gasteiger partial charge in [0.05, 0.1) is 39.6 Å². The molecule has 10 nitrogen and oxygen atoms in total. The van der Waals surface area contributed by atoms with Crippen molar-refractivity contribution >= 4 is 28.2 Å². The van der Waals surface area contributed by atoms with Crippen molar-refractivity contribution in [3.05, 3.63) is 61.4 Å². The van der Waals surface area contributed by atoms with Gasteiger partial charge in [0.25, 0.3) is 11.2 Å². The third-order valence-corrected chi connectivity index (χ3v) is 6.25. The van der Waals surface area contributed by atoms with Crippen molar-refractivity contribution in [2.75, 3.05) is 5.32 Å². The Morgan fingerprint density at radius 3 is 2.73 bits per heavy atom. The van der Waals surface area contributed by atoms with Gasteiger partial charge in [0.15, 0.2) is 5.60 Å². The lowest BCUT2D eigenvalue weighted by Gasteiger charge is -2.31. The predicted octanol–water partition coefficient (Wildman–Crippen LogP) is 2.81. The van der Waals surface area contributed by atoms with Crippen molar-refractivity contribution in [3.8, 4) is 11.4 Å². The van der Waals surface area contributed by atoms with E-state index in [1.165, 1.54) is 16.7 Å². The minimum atomic E-state index is -1.90. The molecule has 0 saturated heterocycles. The molecular weight excluding hydrogens is 428 g/mol. The third-order valence-electron chi connectivity index (χ3n) is 6.25. The molecule has 1 atom stereocenters. The molecule has 0 fully saturated rings. The van der Waals surface area contributed by atoms with Crippen LogP contribution in [0.3, 0.4) is 0 Å². The lowest BCUT2D eigenvalue weighted by Crippen LogP contribution is -2.44. The summed E-state index contributed by atoms with van der Waals surface area (Å²) in [6.07, 6.45) is 0.0614. The number of nitro groups is 1. The first-order valence-electron chi connectivity index (χ1n) is 10.7. The number of pyridine rings is 2. The van der Waals surface area contributed by atoms with Gasteiger partial charge in [-0.05, 0) is 32.4 Å². The topological polar surface area (TPSA) is 137 Å². The third kappa shape index (κ3) is 3.01. The number of cyclic esters (lactones) is 1. The van der Waals surface area contributed by atoms with E-state index in [0.29, 0.717) is 28.0 Å². The van der Waals surface area contributed by atoms with E-state index >= 15 is 0 Å².